The molecule has 0 bridgehead atoms. The van der Waals surface area contributed by atoms with Crippen molar-refractivity contribution < 1.29 is 9.47 Å². The fraction of sp³-hybridized carbons (Fsp3) is 1.00. The smallest absolute Gasteiger partial charge is 0.0986 e. The van der Waals surface area contributed by atoms with Crippen LogP contribution in [0.1, 0.15) is 0 Å². The van der Waals surface area contributed by atoms with Gasteiger partial charge in [-0.3, -0.25) is 0 Å². The van der Waals surface area contributed by atoms with E-state index in [1.807, 2.05) is 0 Å². The first kappa shape index (κ1) is 7.28. The lowest BCUT2D eigenvalue weighted by molar-refractivity contribution is 0.0746. The normalized spacial score (nSPS) is 53.4. The predicted octanol–water partition coefficient (Wildman–Crippen LogP) is 0.381. The topological polar surface area (TPSA) is 18.5 Å². The summed E-state index contributed by atoms with van der Waals surface area (Å²) >= 11 is 8.65. The van der Waals surface area contributed by atoms with Crippen molar-refractivity contribution in [2.75, 3.05) is 13.2 Å². The molecule has 0 aromatic rings. The van der Waals surface area contributed by atoms with Crippen LogP contribution in [0.15, 0.2) is 0 Å². The van der Waals surface area contributed by atoms with Crippen molar-refractivity contribution in [2.24, 2.45) is 0 Å². The highest BCUT2D eigenvalue weighted by molar-refractivity contribution is 7.81. The van der Waals surface area contributed by atoms with E-state index in [2.05, 4.69) is 25.3 Å². The van der Waals surface area contributed by atoms with Crippen molar-refractivity contribution in [3.8, 4) is 0 Å². The van der Waals surface area contributed by atoms with Crippen LogP contribution in [-0.4, -0.2) is 35.9 Å². The summed E-state index contributed by atoms with van der Waals surface area (Å²) in [6.07, 6.45) is 0.372. The van der Waals surface area contributed by atoms with Crippen LogP contribution < -0.4 is 0 Å². The van der Waals surface area contributed by atoms with E-state index >= 15 is 0 Å². The van der Waals surface area contributed by atoms with Crippen molar-refractivity contribution >= 4 is 25.3 Å². The maximum atomic E-state index is 5.42. The van der Waals surface area contributed by atoms with E-state index in [1.165, 1.54) is 0 Å². The number of hydrogen-bond acceptors (Lipinski definition) is 4. The van der Waals surface area contributed by atoms with Crippen molar-refractivity contribution in [3.63, 3.8) is 0 Å². The number of fused-ring (bicyclic) bond motifs is 1. The molecule has 58 valence electrons. The summed E-state index contributed by atoms with van der Waals surface area (Å²) in [5.41, 5.74) is 0. The Hall–Kier alpha value is 0.620. The van der Waals surface area contributed by atoms with Gasteiger partial charge in [0.1, 0.15) is 0 Å². The van der Waals surface area contributed by atoms with Gasteiger partial charge in [0.15, 0.2) is 0 Å². The Kier molecular flexibility index (Phi) is 1.88. The summed E-state index contributed by atoms with van der Waals surface area (Å²) in [5, 5.41) is 0.504. The standard InChI is InChI=1S/C6H10O2S2/c9-3-1-7-6-4(10)2-8-5(3)6/h3-6,9-10H,1-2H2/t3-,4+,5-,6-/m1/s1. The second-order valence-corrected chi connectivity index (χ2v) is 4.06. The minimum atomic E-state index is 0.186. The molecule has 0 saturated carbocycles. The lowest BCUT2D eigenvalue weighted by Gasteiger charge is -2.09. The lowest BCUT2D eigenvalue weighted by Crippen LogP contribution is -2.26. The molecule has 0 amide bonds. The SMILES string of the molecule is S[C@@H]1CO[C@H]2[C@@H]1OC[C@@H]2S. The summed E-state index contributed by atoms with van der Waals surface area (Å²) in [4.78, 5) is 0. The quantitative estimate of drug-likeness (QED) is 0.522. The summed E-state index contributed by atoms with van der Waals surface area (Å²) < 4.78 is 10.8. The largest absolute Gasteiger partial charge is 0.373 e. The number of hydrogen-bond donors (Lipinski definition) is 2. The number of thiol groups is 2. The number of rotatable bonds is 0. The van der Waals surface area contributed by atoms with Crippen LogP contribution in [-0.2, 0) is 9.47 Å². The Morgan fingerprint density at radius 3 is 1.70 bits per heavy atom. The molecule has 2 aliphatic rings. The van der Waals surface area contributed by atoms with Crippen molar-refractivity contribution in [1.82, 2.24) is 0 Å². The minimum absolute atomic E-state index is 0.186. The zero-order valence-corrected chi connectivity index (χ0v) is 7.22. The first-order valence-electron chi connectivity index (χ1n) is 3.38. The van der Waals surface area contributed by atoms with Crippen molar-refractivity contribution in [2.45, 2.75) is 22.7 Å². The van der Waals surface area contributed by atoms with E-state index in [9.17, 15) is 0 Å². The highest BCUT2D eigenvalue weighted by atomic mass is 32.1. The predicted molar refractivity (Wildman–Crippen MR) is 45.0 cm³/mol. The summed E-state index contributed by atoms with van der Waals surface area (Å²) in [5.74, 6) is 0. The fourth-order valence-corrected chi connectivity index (χ4v) is 2.14. The third-order valence-electron chi connectivity index (χ3n) is 2.00. The molecule has 4 atom stereocenters. The Morgan fingerprint density at radius 1 is 0.900 bits per heavy atom. The van der Waals surface area contributed by atoms with E-state index in [4.69, 9.17) is 9.47 Å². The Labute approximate surface area is 71.1 Å². The maximum Gasteiger partial charge on any atom is 0.0986 e. The molecule has 0 unspecified atom stereocenters. The molecule has 4 heteroatoms. The Balaban J connectivity index is 2.09. The van der Waals surface area contributed by atoms with E-state index in [-0.39, 0.29) is 22.7 Å². The van der Waals surface area contributed by atoms with E-state index < -0.39 is 0 Å². The molecule has 2 heterocycles. The zero-order valence-electron chi connectivity index (χ0n) is 5.43. The van der Waals surface area contributed by atoms with Crippen molar-refractivity contribution in [3.05, 3.63) is 0 Å². The molecule has 0 aromatic carbocycles. The van der Waals surface area contributed by atoms with Crippen molar-refractivity contribution in [1.29, 1.82) is 0 Å². The molecule has 10 heavy (non-hydrogen) atoms. The van der Waals surface area contributed by atoms with Crippen LogP contribution in [0.25, 0.3) is 0 Å². The van der Waals surface area contributed by atoms with Gasteiger partial charge < -0.3 is 9.47 Å². The second kappa shape index (κ2) is 2.59. The third-order valence-corrected chi connectivity index (χ3v) is 2.89. The van der Waals surface area contributed by atoms with E-state index in [1.54, 1.807) is 0 Å². The van der Waals surface area contributed by atoms with Crippen LogP contribution in [0.5, 0.6) is 0 Å². The average molecular weight is 178 g/mol. The van der Waals surface area contributed by atoms with E-state index in [0.717, 1.165) is 0 Å². The van der Waals surface area contributed by atoms with Gasteiger partial charge in [0.2, 0.25) is 0 Å². The first-order chi connectivity index (χ1) is 4.79. The molecule has 2 aliphatic heterocycles. The van der Waals surface area contributed by atoms with E-state index in [0.29, 0.717) is 13.2 Å². The molecular formula is C6H10O2S2. The van der Waals surface area contributed by atoms with Gasteiger partial charge in [0, 0.05) is 0 Å². The molecule has 0 aromatic heterocycles. The molecule has 0 radical (unpaired) electrons. The second-order valence-electron chi connectivity index (χ2n) is 2.73. The van der Waals surface area contributed by atoms with Gasteiger partial charge in [-0.15, -0.1) is 0 Å². The molecule has 2 saturated heterocycles. The van der Waals surface area contributed by atoms with Gasteiger partial charge >= 0.3 is 0 Å². The fourth-order valence-electron chi connectivity index (χ4n) is 1.46. The van der Waals surface area contributed by atoms with Crippen LogP contribution in [0.4, 0.5) is 0 Å². The van der Waals surface area contributed by atoms with Crippen LogP contribution in [0.2, 0.25) is 0 Å². The highest BCUT2D eigenvalue weighted by Crippen LogP contribution is 2.31. The van der Waals surface area contributed by atoms with Gasteiger partial charge in [0.25, 0.3) is 0 Å². The molecular weight excluding hydrogens is 168 g/mol. The first-order valence-corrected chi connectivity index (χ1v) is 4.41. The van der Waals surface area contributed by atoms with Gasteiger partial charge in [-0.2, -0.15) is 25.3 Å². The highest BCUT2D eigenvalue weighted by Gasteiger charge is 2.44. The Morgan fingerprint density at radius 2 is 1.30 bits per heavy atom. The molecule has 0 spiro atoms. The summed E-state index contributed by atoms with van der Waals surface area (Å²) in [6, 6.07) is 0. The van der Waals surface area contributed by atoms with Gasteiger partial charge in [0.05, 0.1) is 35.9 Å². The minimum Gasteiger partial charge on any atom is -0.373 e. The van der Waals surface area contributed by atoms with Gasteiger partial charge in [-0.1, -0.05) is 0 Å². The maximum absolute atomic E-state index is 5.42. The molecule has 2 rings (SSSR count). The molecule has 2 nitrogen and oxygen atoms in total. The van der Waals surface area contributed by atoms with Gasteiger partial charge in [-0.25, -0.2) is 0 Å². The average Bonchev–Trinajstić information content (AvgIpc) is 2.41. The Bertz CT molecular complexity index is 126. The lowest BCUT2D eigenvalue weighted by atomic mass is 10.2. The van der Waals surface area contributed by atoms with Crippen LogP contribution in [0.3, 0.4) is 0 Å². The molecule has 2 fully saturated rings. The monoisotopic (exact) mass is 178 g/mol. The van der Waals surface area contributed by atoms with Crippen LogP contribution in [0, 0.1) is 0 Å². The third kappa shape index (κ3) is 0.978. The zero-order chi connectivity index (χ0) is 7.14. The van der Waals surface area contributed by atoms with Crippen LogP contribution >= 0.6 is 25.3 Å². The van der Waals surface area contributed by atoms with Gasteiger partial charge in [-0.05, 0) is 0 Å². The summed E-state index contributed by atoms with van der Waals surface area (Å²) in [6.45, 7) is 1.41. The molecule has 0 aliphatic carbocycles. The molecule has 0 N–H and O–H groups in total. The summed E-state index contributed by atoms with van der Waals surface area (Å²) in [7, 11) is 0. The number of ether oxygens (including phenoxy) is 2.